The van der Waals surface area contributed by atoms with Gasteiger partial charge < -0.3 is 19.6 Å². The number of hydrogen-bond donors (Lipinski definition) is 0. The Hall–Kier alpha value is -11.4. The van der Waals surface area contributed by atoms with Crippen LogP contribution in [0.5, 0.6) is 0 Å². The largest absolute Gasteiger partial charge is 0.311 e. The number of para-hydroxylation sites is 6. The number of benzene rings is 14. The van der Waals surface area contributed by atoms with Crippen LogP contribution < -0.4 is 36.0 Å². The highest BCUT2D eigenvalue weighted by Gasteiger charge is 2.45. The molecule has 14 aromatic rings. The molecule has 0 atom stereocenters. The zero-order chi connectivity index (χ0) is 72.6. The molecule has 526 valence electrons. The van der Waals surface area contributed by atoms with Crippen LogP contribution in [0, 0.1) is 0 Å². The van der Waals surface area contributed by atoms with Gasteiger partial charge in [0.1, 0.15) is 0 Å². The van der Waals surface area contributed by atoms with Crippen molar-refractivity contribution in [3.63, 3.8) is 0 Å². The number of rotatable bonds is 12. The first-order valence-electron chi connectivity index (χ1n) is 39.3. The van der Waals surface area contributed by atoms with Crippen molar-refractivity contribution in [1.29, 1.82) is 0 Å². The van der Waals surface area contributed by atoms with E-state index in [1.165, 1.54) is 193 Å². The first-order valence-corrected chi connectivity index (χ1v) is 39.7. The summed E-state index contributed by atoms with van der Waals surface area (Å²) in [6.07, 6.45) is 12.7. The van der Waals surface area contributed by atoms with Crippen molar-refractivity contribution in [2.24, 2.45) is 0 Å². The highest BCUT2D eigenvalue weighted by molar-refractivity contribution is 7.00. The summed E-state index contributed by atoms with van der Waals surface area (Å²) in [6.45, 7) is 9.54. The lowest BCUT2D eigenvalue weighted by molar-refractivity contribution is 0.444. The fourth-order valence-electron chi connectivity index (χ4n) is 19.3. The molecule has 0 bridgehead atoms. The van der Waals surface area contributed by atoms with Crippen molar-refractivity contribution < 1.29 is 0 Å². The lowest BCUT2D eigenvalue weighted by atomic mass is 9.33. The predicted molar refractivity (Wildman–Crippen MR) is 459 cm³/mol. The van der Waals surface area contributed by atoms with Crippen molar-refractivity contribution in [2.75, 3.05) is 19.6 Å². The van der Waals surface area contributed by atoms with Crippen LogP contribution in [-0.4, -0.2) is 6.71 Å². The number of anilines is 12. The summed E-state index contributed by atoms with van der Waals surface area (Å²) in [5, 5.41) is 0.718. The van der Waals surface area contributed by atoms with Gasteiger partial charge in [-0.25, -0.2) is 0 Å². The molecule has 20 rings (SSSR count). The Morgan fingerprint density at radius 2 is 0.667 bits per heavy atom. The van der Waals surface area contributed by atoms with Gasteiger partial charge in [-0.2, -0.15) is 0 Å². The van der Waals surface area contributed by atoms with Gasteiger partial charge in [0.05, 0.1) is 16.4 Å². The Labute approximate surface area is 643 Å². The van der Waals surface area contributed by atoms with Crippen molar-refractivity contribution in [3.8, 4) is 44.5 Å². The smallest absolute Gasteiger partial charge is 0.252 e. The van der Waals surface area contributed by atoms with E-state index in [-0.39, 0.29) is 17.5 Å². The minimum atomic E-state index is -0.0483. The topological polar surface area (TPSA) is 13.0 Å². The fourth-order valence-corrected chi connectivity index (χ4v) is 19.6. The van der Waals surface area contributed by atoms with Gasteiger partial charge in [-0.15, -0.1) is 0 Å². The van der Waals surface area contributed by atoms with Crippen LogP contribution in [0.4, 0.5) is 68.2 Å². The molecule has 0 spiro atoms. The van der Waals surface area contributed by atoms with E-state index in [1.807, 2.05) is 0 Å². The van der Waals surface area contributed by atoms with Gasteiger partial charge in [0, 0.05) is 67.7 Å². The fraction of sp³-hybridized carbons (Fsp3) is 0.176. The number of hydrogen-bond acceptors (Lipinski definition) is 4. The highest BCUT2D eigenvalue weighted by Crippen LogP contribution is 2.55. The predicted octanol–water partition coefficient (Wildman–Crippen LogP) is 27.1. The summed E-state index contributed by atoms with van der Waals surface area (Å²) in [6, 6.07) is 121. The minimum Gasteiger partial charge on any atom is -0.311 e. The van der Waals surface area contributed by atoms with E-state index in [4.69, 9.17) is 11.6 Å². The molecule has 0 saturated heterocycles. The van der Waals surface area contributed by atoms with Crippen molar-refractivity contribution in [1.82, 2.24) is 0 Å². The number of nitrogens with zero attached hydrogens (tertiary/aromatic N) is 4. The standard InChI is InChI=1S/C51H43BN2.C51H45ClN2/c1-51(2)42-23-13-12-22-40(42)41-28-26-35(30-43(41)51)36-27-29-47-45(31-36)52-44-24-14-15-25-46(44)53(38-18-8-4-9-19-38)48-32-37(34-16-6-3-7-17-34)33-49(50(48)52)54(47)39-20-10-5-11-21-39;1-51(2)46-26-16-15-25-44(46)45-32-29-38(33-47(45)51)37-27-30-43(31-28-37)54(42-23-13-6-14-24-42)49-35-39(36-17-7-3-8-18-36)34-48(50(49)52)53(40-19-9-4-10-20-40)41-21-11-5-12-22-41/h4-5,8-15,18-34H,3,6-7,16-17H2,1-2H3;4-6,9-16,19-36H,3,7-8,17-18H2,1-2H3. The van der Waals surface area contributed by atoms with Gasteiger partial charge in [0.25, 0.3) is 6.71 Å². The van der Waals surface area contributed by atoms with Gasteiger partial charge in [-0.3, -0.25) is 0 Å². The van der Waals surface area contributed by atoms with E-state index >= 15 is 0 Å². The molecule has 6 heteroatoms. The molecule has 2 saturated carbocycles. The lowest BCUT2D eigenvalue weighted by Gasteiger charge is -2.45. The number of fused-ring (bicyclic) bond motifs is 10. The maximum absolute atomic E-state index is 7.77. The van der Waals surface area contributed by atoms with E-state index < -0.39 is 0 Å². The molecule has 0 N–H and O–H groups in total. The summed E-state index contributed by atoms with van der Waals surface area (Å²) in [5.74, 6) is 1.06. The Kier molecular flexibility index (Phi) is 17.3. The zero-order valence-corrected chi connectivity index (χ0v) is 62.9. The number of halogens is 1. The van der Waals surface area contributed by atoms with Gasteiger partial charge in [-0.05, 0) is 253 Å². The summed E-state index contributed by atoms with van der Waals surface area (Å²) in [5.41, 5.74) is 36.7. The zero-order valence-electron chi connectivity index (χ0n) is 62.1. The molecule has 6 aliphatic rings. The second-order valence-electron chi connectivity index (χ2n) is 31.7. The highest BCUT2D eigenvalue weighted by atomic mass is 35.5. The average molecular weight is 1420 g/mol. The second-order valence-corrected chi connectivity index (χ2v) is 32.1. The van der Waals surface area contributed by atoms with Crippen molar-refractivity contribution >= 4 is 103 Å². The van der Waals surface area contributed by atoms with Gasteiger partial charge >= 0.3 is 0 Å². The first kappa shape index (κ1) is 67.3. The molecule has 108 heavy (non-hydrogen) atoms. The third-order valence-corrected chi connectivity index (χ3v) is 25.1. The Morgan fingerprint density at radius 1 is 0.306 bits per heavy atom. The molecule has 2 heterocycles. The molecule has 0 radical (unpaired) electrons. The normalized spacial score (nSPS) is 15.5. The Morgan fingerprint density at radius 3 is 1.15 bits per heavy atom. The molecular formula is C102H88BClN4. The Balaban J connectivity index is 0.000000147. The molecule has 4 nitrogen and oxygen atoms in total. The molecule has 0 amide bonds. The molecule has 14 aromatic carbocycles. The first-order chi connectivity index (χ1) is 53.0. The van der Waals surface area contributed by atoms with Gasteiger partial charge in [0.15, 0.2) is 0 Å². The molecule has 0 aromatic heterocycles. The summed E-state index contributed by atoms with van der Waals surface area (Å²) >= 11 is 7.77. The monoisotopic (exact) mass is 1410 g/mol. The molecule has 0 unspecified atom stereocenters. The summed E-state index contributed by atoms with van der Waals surface area (Å²) < 4.78 is 0. The van der Waals surface area contributed by atoms with Crippen LogP contribution in [-0.2, 0) is 10.8 Å². The molecule has 2 fully saturated rings. The maximum Gasteiger partial charge on any atom is 0.252 e. The van der Waals surface area contributed by atoms with E-state index in [0.717, 1.165) is 39.1 Å². The molecular weight excluding hydrogens is 1330 g/mol. The third-order valence-electron chi connectivity index (χ3n) is 24.7. The molecule has 4 aliphatic carbocycles. The van der Waals surface area contributed by atoms with Gasteiger partial charge in [-0.1, -0.05) is 284 Å². The van der Waals surface area contributed by atoms with E-state index in [0.29, 0.717) is 11.8 Å². The van der Waals surface area contributed by atoms with E-state index in [9.17, 15) is 0 Å². The lowest BCUT2D eigenvalue weighted by Crippen LogP contribution is -2.61. The second kappa shape index (κ2) is 27.8. The van der Waals surface area contributed by atoms with Crippen LogP contribution in [0.2, 0.25) is 5.02 Å². The molecule has 2 aliphatic heterocycles. The van der Waals surface area contributed by atoms with Crippen LogP contribution in [0.25, 0.3) is 44.5 Å². The summed E-state index contributed by atoms with van der Waals surface area (Å²) in [4.78, 5) is 9.78. The van der Waals surface area contributed by atoms with E-state index in [2.05, 4.69) is 375 Å². The third kappa shape index (κ3) is 11.7. The average Bonchev–Trinajstić information content (AvgIpc) is 1.03. The minimum absolute atomic E-state index is 0.0445. The maximum atomic E-state index is 7.77. The van der Waals surface area contributed by atoms with Crippen LogP contribution in [0.1, 0.15) is 137 Å². The van der Waals surface area contributed by atoms with Gasteiger partial charge in [0.2, 0.25) is 0 Å². The van der Waals surface area contributed by atoms with Crippen molar-refractivity contribution in [2.45, 2.75) is 115 Å². The quantitative estimate of drug-likeness (QED) is 0.113. The SMILES string of the molecule is CC1(C)c2ccccc2-c2ccc(-c3ccc(N(c4ccccc4)c4cc(C5CCCCC5)cc(N(c5ccccc5)c5ccccc5)c4Cl)cc3)cc21.CC1(C)c2ccccc2-c2ccc(-c3ccc4c(c3)B3c5ccccc5N(c5ccccc5)c5cc(C6CCCCC6)cc(c53)N4c3ccccc3)cc21. The van der Waals surface area contributed by atoms with Crippen molar-refractivity contribution in [3.05, 3.63) is 366 Å². The Bertz CT molecular complexity index is 5620. The summed E-state index contributed by atoms with van der Waals surface area (Å²) in [7, 11) is 0. The van der Waals surface area contributed by atoms with Crippen LogP contribution >= 0.6 is 11.6 Å². The van der Waals surface area contributed by atoms with Crippen LogP contribution in [0.3, 0.4) is 0 Å². The van der Waals surface area contributed by atoms with Crippen LogP contribution in [0.15, 0.2) is 328 Å². The van der Waals surface area contributed by atoms with E-state index in [1.54, 1.807) is 0 Å².